The Hall–Kier alpha value is -2.88. The zero-order valence-corrected chi connectivity index (χ0v) is 12.5. The average molecular weight is 309 g/mol. The van der Waals surface area contributed by atoms with Gasteiger partial charge in [0.05, 0.1) is 23.4 Å². The van der Waals surface area contributed by atoms with E-state index in [2.05, 4.69) is 15.4 Å². The maximum atomic E-state index is 12.5. The van der Waals surface area contributed by atoms with E-state index >= 15 is 0 Å². The Morgan fingerprint density at radius 3 is 3.00 bits per heavy atom. The Morgan fingerprint density at radius 1 is 1.43 bits per heavy atom. The number of nitrogens with one attached hydrogen (secondary N) is 1. The van der Waals surface area contributed by atoms with Gasteiger partial charge < -0.3 is 10.1 Å². The maximum absolute atomic E-state index is 12.5. The van der Waals surface area contributed by atoms with Gasteiger partial charge >= 0.3 is 0 Å². The van der Waals surface area contributed by atoms with Crippen molar-refractivity contribution in [1.29, 1.82) is 5.26 Å². The third kappa shape index (κ3) is 2.52. The van der Waals surface area contributed by atoms with Crippen molar-refractivity contribution in [2.24, 2.45) is 0 Å². The first kappa shape index (κ1) is 13.8. The van der Waals surface area contributed by atoms with E-state index < -0.39 is 0 Å². The lowest BCUT2D eigenvalue weighted by Gasteiger charge is -2.15. The summed E-state index contributed by atoms with van der Waals surface area (Å²) in [6.45, 7) is 1.31. The first-order chi connectivity index (χ1) is 11.3. The van der Waals surface area contributed by atoms with Gasteiger partial charge in [-0.15, -0.1) is 0 Å². The normalized spacial score (nSPS) is 16.1. The molecule has 1 aliphatic heterocycles. The number of nitrogens with zero attached hydrogens (tertiary/aromatic N) is 4. The van der Waals surface area contributed by atoms with Crippen LogP contribution in [0.25, 0.3) is 11.3 Å². The van der Waals surface area contributed by atoms with Crippen LogP contribution in [-0.2, 0) is 6.54 Å². The van der Waals surface area contributed by atoms with Crippen molar-refractivity contribution in [1.82, 2.24) is 20.1 Å². The Labute approximate surface area is 132 Å². The van der Waals surface area contributed by atoms with Crippen LogP contribution in [0.5, 0.6) is 5.88 Å². The summed E-state index contributed by atoms with van der Waals surface area (Å²) < 4.78 is 7.46. The van der Waals surface area contributed by atoms with E-state index in [9.17, 15) is 4.79 Å². The summed E-state index contributed by atoms with van der Waals surface area (Å²) in [5.74, 6) is 0.383. The third-order valence-electron chi connectivity index (χ3n) is 3.94. The lowest BCUT2D eigenvalue weighted by Crippen LogP contribution is -2.26. The number of hydrogen-bond acceptors (Lipinski definition) is 5. The van der Waals surface area contributed by atoms with Crippen LogP contribution in [0.4, 0.5) is 0 Å². The number of carbonyl (C=O) groups is 1. The summed E-state index contributed by atoms with van der Waals surface area (Å²) in [5, 5.41) is 16.3. The molecule has 1 amide bonds. The number of hydrogen-bond donors (Lipinski definition) is 1. The van der Waals surface area contributed by atoms with Crippen LogP contribution < -0.4 is 10.1 Å². The molecule has 1 saturated carbocycles. The van der Waals surface area contributed by atoms with Gasteiger partial charge in [0.1, 0.15) is 6.07 Å². The van der Waals surface area contributed by atoms with Crippen LogP contribution in [-0.4, -0.2) is 33.3 Å². The largest absolute Gasteiger partial charge is 0.477 e. The molecule has 23 heavy (non-hydrogen) atoms. The van der Waals surface area contributed by atoms with Crippen molar-refractivity contribution in [3.63, 3.8) is 0 Å². The van der Waals surface area contributed by atoms with Crippen molar-refractivity contribution in [2.75, 3.05) is 6.61 Å². The number of nitriles is 1. The summed E-state index contributed by atoms with van der Waals surface area (Å²) >= 11 is 0. The molecule has 2 aromatic rings. The first-order valence-electron chi connectivity index (χ1n) is 7.67. The van der Waals surface area contributed by atoms with Gasteiger partial charge in [-0.25, -0.2) is 4.68 Å². The molecule has 1 N–H and O–H groups in total. The van der Waals surface area contributed by atoms with Crippen molar-refractivity contribution in [2.45, 2.75) is 31.8 Å². The predicted molar refractivity (Wildman–Crippen MR) is 80.8 cm³/mol. The molecule has 0 unspecified atom stereocenters. The molecule has 2 aromatic heterocycles. The number of ether oxygens (including phenoxy) is 1. The second-order valence-electron chi connectivity index (χ2n) is 5.75. The van der Waals surface area contributed by atoms with E-state index in [1.165, 1.54) is 6.20 Å². The molecule has 0 atom stereocenters. The third-order valence-corrected chi connectivity index (χ3v) is 3.94. The molecule has 7 heteroatoms. The van der Waals surface area contributed by atoms with Gasteiger partial charge in [-0.1, -0.05) is 0 Å². The Bertz CT molecular complexity index is 799. The first-order valence-corrected chi connectivity index (χ1v) is 7.67. The van der Waals surface area contributed by atoms with Gasteiger partial charge in [-0.05, 0) is 25.0 Å². The molecule has 1 fully saturated rings. The van der Waals surface area contributed by atoms with Gasteiger partial charge in [0, 0.05) is 25.2 Å². The minimum atomic E-state index is -0.195. The summed E-state index contributed by atoms with van der Waals surface area (Å²) in [4.78, 5) is 16.8. The fourth-order valence-corrected chi connectivity index (χ4v) is 2.61. The van der Waals surface area contributed by atoms with Gasteiger partial charge in [-0.2, -0.15) is 10.4 Å². The van der Waals surface area contributed by atoms with Gasteiger partial charge in [0.15, 0.2) is 5.69 Å². The second kappa shape index (κ2) is 5.39. The molecule has 0 radical (unpaired) electrons. The second-order valence-corrected chi connectivity index (χ2v) is 5.75. The van der Waals surface area contributed by atoms with Gasteiger partial charge in [0.25, 0.3) is 5.91 Å². The van der Waals surface area contributed by atoms with Crippen LogP contribution in [0.15, 0.2) is 18.3 Å². The van der Waals surface area contributed by atoms with Gasteiger partial charge in [0.2, 0.25) is 5.88 Å². The van der Waals surface area contributed by atoms with Crippen LogP contribution in [0, 0.1) is 11.3 Å². The number of carbonyl (C=O) groups excluding carboxylic acids is 1. The van der Waals surface area contributed by atoms with Crippen molar-refractivity contribution >= 4 is 5.91 Å². The van der Waals surface area contributed by atoms with E-state index in [1.807, 2.05) is 6.07 Å². The van der Waals surface area contributed by atoms with Crippen molar-refractivity contribution < 1.29 is 9.53 Å². The molecule has 3 heterocycles. The van der Waals surface area contributed by atoms with Gasteiger partial charge in [-0.3, -0.25) is 9.78 Å². The number of aryl methyl sites for hydroxylation is 1. The molecule has 0 bridgehead atoms. The molecule has 0 spiro atoms. The fourth-order valence-electron chi connectivity index (χ4n) is 2.61. The molecular formula is C16H15N5O2. The van der Waals surface area contributed by atoms with E-state index in [-0.39, 0.29) is 11.9 Å². The Balaban J connectivity index is 1.79. The fraction of sp³-hybridized carbons (Fsp3) is 0.375. The van der Waals surface area contributed by atoms with E-state index in [4.69, 9.17) is 10.00 Å². The van der Waals surface area contributed by atoms with Crippen LogP contribution >= 0.6 is 0 Å². The number of pyridine rings is 1. The quantitative estimate of drug-likeness (QED) is 0.927. The number of rotatable bonds is 3. The highest BCUT2D eigenvalue weighted by atomic mass is 16.5. The molecule has 0 saturated heterocycles. The highest BCUT2D eigenvalue weighted by molar-refractivity contribution is 6.00. The highest BCUT2D eigenvalue weighted by Crippen LogP contribution is 2.35. The minimum absolute atomic E-state index is 0.195. The van der Waals surface area contributed by atoms with E-state index in [1.54, 1.807) is 16.8 Å². The lowest BCUT2D eigenvalue weighted by molar-refractivity contribution is 0.0945. The maximum Gasteiger partial charge on any atom is 0.272 e. The number of fused-ring (bicyclic) bond motifs is 1. The standard InChI is InChI=1S/C16H15N5O2/c17-8-10-2-5-12(18-9-10)13-14(15(22)19-11-3-4-11)20-21-6-1-7-23-16(13)21/h2,5,9,11H,1,3-4,6-7H2,(H,19,22). The Morgan fingerprint density at radius 2 is 2.30 bits per heavy atom. The lowest BCUT2D eigenvalue weighted by atomic mass is 10.1. The molecule has 1 aliphatic carbocycles. The van der Waals surface area contributed by atoms with Crippen molar-refractivity contribution in [3.05, 3.63) is 29.6 Å². The Kier molecular flexibility index (Phi) is 3.23. The zero-order chi connectivity index (χ0) is 15.8. The van der Waals surface area contributed by atoms with E-state index in [0.717, 1.165) is 25.8 Å². The molecule has 0 aromatic carbocycles. The SMILES string of the molecule is N#Cc1ccc(-c2c(C(=O)NC3CC3)nn3c2OCCC3)nc1. The summed E-state index contributed by atoms with van der Waals surface area (Å²) in [6.07, 6.45) is 4.38. The smallest absolute Gasteiger partial charge is 0.272 e. The molecule has 4 rings (SSSR count). The monoisotopic (exact) mass is 309 g/mol. The predicted octanol–water partition coefficient (Wildman–Crippen LogP) is 1.49. The van der Waals surface area contributed by atoms with Crippen molar-refractivity contribution in [3.8, 4) is 23.2 Å². The molecule has 116 valence electrons. The summed E-state index contributed by atoms with van der Waals surface area (Å²) in [7, 11) is 0. The average Bonchev–Trinajstić information content (AvgIpc) is 3.31. The summed E-state index contributed by atoms with van der Waals surface area (Å²) in [6, 6.07) is 5.70. The summed E-state index contributed by atoms with van der Waals surface area (Å²) in [5.41, 5.74) is 2.01. The molecule has 2 aliphatic rings. The van der Waals surface area contributed by atoms with Crippen LogP contribution in [0.2, 0.25) is 0 Å². The van der Waals surface area contributed by atoms with Crippen LogP contribution in [0.3, 0.4) is 0 Å². The van der Waals surface area contributed by atoms with Crippen LogP contribution in [0.1, 0.15) is 35.3 Å². The highest BCUT2D eigenvalue weighted by Gasteiger charge is 2.31. The molecular weight excluding hydrogens is 294 g/mol. The number of amides is 1. The van der Waals surface area contributed by atoms with E-state index in [0.29, 0.717) is 35.0 Å². The zero-order valence-electron chi connectivity index (χ0n) is 12.5. The minimum Gasteiger partial charge on any atom is -0.477 e. The topological polar surface area (TPSA) is 92.8 Å². The number of aromatic nitrogens is 3. The molecule has 7 nitrogen and oxygen atoms in total.